The van der Waals surface area contributed by atoms with Crippen LogP contribution in [0.4, 0.5) is 0 Å². The van der Waals surface area contributed by atoms with Gasteiger partial charge < -0.3 is 14.0 Å². The molecular weight excluding hydrogens is 522 g/mol. The molecule has 206 valence electrons. The predicted octanol–water partition coefficient (Wildman–Crippen LogP) is 4.83. The van der Waals surface area contributed by atoms with Crippen LogP contribution in [0.5, 0.6) is 5.75 Å². The third-order valence-electron chi connectivity index (χ3n) is 7.45. The van der Waals surface area contributed by atoms with Crippen LogP contribution < -0.4 is 19.6 Å². The van der Waals surface area contributed by atoms with E-state index in [1.807, 2.05) is 30.3 Å². The van der Waals surface area contributed by atoms with Crippen molar-refractivity contribution in [2.45, 2.75) is 47.6 Å². The number of hydrogen-bond donors (Lipinski definition) is 0. The number of hydrogen-bond acceptors (Lipinski definition) is 6. The minimum Gasteiger partial charge on any atom is -0.497 e. The fourth-order valence-electron chi connectivity index (χ4n) is 5.23. The number of rotatable bonds is 6. The lowest BCUT2D eigenvalue weighted by Crippen LogP contribution is -2.39. The molecule has 0 amide bonds. The van der Waals surface area contributed by atoms with Crippen molar-refractivity contribution in [2.24, 2.45) is 4.99 Å². The normalized spacial score (nSPS) is 15.2. The number of carbonyl (C=O) groups excluding carboxylic acids is 1. The smallest absolute Gasteiger partial charge is 0.338 e. The summed E-state index contributed by atoms with van der Waals surface area (Å²) in [6, 6.07) is 15.3. The van der Waals surface area contributed by atoms with E-state index in [0.717, 1.165) is 28.2 Å². The molecule has 0 saturated heterocycles. The van der Waals surface area contributed by atoms with Crippen LogP contribution in [0.2, 0.25) is 0 Å². The van der Waals surface area contributed by atoms with E-state index in [9.17, 15) is 9.59 Å². The zero-order valence-electron chi connectivity index (χ0n) is 23.9. The molecule has 0 fully saturated rings. The van der Waals surface area contributed by atoms with Crippen molar-refractivity contribution in [3.63, 3.8) is 0 Å². The van der Waals surface area contributed by atoms with Gasteiger partial charge in [-0.05, 0) is 100 Å². The second-order valence-electron chi connectivity index (χ2n) is 10.0. The van der Waals surface area contributed by atoms with Crippen LogP contribution in [0, 0.1) is 27.7 Å². The summed E-state index contributed by atoms with van der Waals surface area (Å²) in [6.45, 7) is 12.1. The minimum atomic E-state index is -0.661. The van der Waals surface area contributed by atoms with Crippen LogP contribution in [0.1, 0.15) is 53.5 Å². The molecule has 40 heavy (non-hydrogen) atoms. The summed E-state index contributed by atoms with van der Waals surface area (Å²) >= 11 is 1.33. The van der Waals surface area contributed by atoms with E-state index in [1.54, 1.807) is 25.5 Å². The molecule has 1 aliphatic rings. The van der Waals surface area contributed by atoms with Gasteiger partial charge in [0.05, 0.1) is 35.6 Å². The molecule has 7 nitrogen and oxygen atoms in total. The van der Waals surface area contributed by atoms with E-state index >= 15 is 0 Å². The number of methoxy groups -OCH3 is 1. The molecule has 0 spiro atoms. The van der Waals surface area contributed by atoms with Gasteiger partial charge in [-0.2, -0.15) is 0 Å². The van der Waals surface area contributed by atoms with Crippen molar-refractivity contribution in [1.82, 2.24) is 9.13 Å². The van der Waals surface area contributed by atoms with Gasteiger partial charge in [0.15, 0.2) is 4.80 Å². The maximum atomic E-state index is 14.0. The molecule has 0 unspecified atom stereocenters. The van der Waals surface area contributed by atoms with E-state index < -0.39 is 12.0 Å². The van der Waals surface area contributed by atoms with E-state index in [1.165, 1.54) is 22.5 Å². The summed E-state index contributed by atoms with van der Waals surface area (Å²) < 4.78 is 15.1. The van der Waals surface area contributed by atoms with Gasteiger partial charge in [0.1, 0.15) is 5.75 Å². The summed E-state index contributed by atoms with van der Waals surface area (Å²) in [7, 11) is 1.60. The third-order valence-corrected chi connectivity index (χ3v) is 8.44. The van der Waals surface area contributed by atoms with Crippen molar-refractivity contribution >= 4 is 23.4 Å². The maximum Gasteiger partial charge on any atom is 0.338 e. The van der Waals surface area contributed by atoms with Crippen LogP contribution >= 0.6 is 11.3 Å². The summed E-state index contributed by atoms with van der Waals surface area (Å²) in [5.41, 5.74) is 8.13. The van der Waals surface area contributed by atoms with Crippen molar-refractivity contribution in [3.05, 3.63) is 113 Å². The predicted molar refractivity (Wildman–Crippen MR) is 158 cm³/mol. The van der Waals surface area contributed by atoms with Crippen molar-refractivity contribution in [3.8, 4) is 11.4 Å². The van der Waals surface area contributed by atoms with E-state index in [0.29, 0.717) is 26.4 Å². The Kier molecular flexibility index (Phi) is 7.38. The molecule has 3 heterocycles. The van der Waals surface area contributed by atoms with Crippen molar-refractivity contribution in [2.75, 3.05) is 13.7 Å². The molecule has 0 aliphatic carbocycles. The summed E-state index contributed by atoms with van der Waals surface area (Å²) in [4.78, 5) is 32.3. The Morgan fingerprint density at radius 3 is 2.40 bits per heavy atom. The largest absolute Gasteiger partial charge is 0.497 e. The van der Waals surface area contributed by atoms with Gasteiger partial charge >= 0.3 is 5.97 Å². The monoisotopic (exact) mass is 555 g/mol. The second-order valence-corrected chi connectivity index (χ2v) is 11.0. The minimum absolute atomic E-state index is 0.199. The molecule has 0 N–H and O–H groups in total. The van der Waals surface area contributed by atoms with Gasteiger partial charge in [0.25, 0.3) is 5.56 Å². The lowest BCUT2D eigenvalue weighted by molar-refractivity contribution is -0.139. The number of thiazole rings is 1. The summed E-state index contributed by atoms with van der Waals surface area (Å²) in [5.74, 6) is 0.212. The molecule has 1 atom stereocenters. The summed E-state index contributed by atoms with van der Waals surface area (Å²) in [5, 5.41) is 0. The molecule has 8 heteroatoms. The zero-order chi connectivity index (χ0) is 28.7. The highest BCUT2D eigenvalue weighted by atomic mass is 32.1. The Balaban J connectivity index is 1.68. The van der Waals surface area contributed by atoms with Gasteiger partial charge in [-0.3, -0.25) is 9.36 Å². The van der Waals surface area contributed by atoms with Gasteiger partial charge in [0, 0.05) is 17.1 Å². The molecule has 4 aromatic rings. The highest BCUT2D eigenvalue weighted by molar-refractivity contribution is 7.07. The molecular formula is C32H33N3O4S. The summed E-state index contributed by atoms with van der Waals surface area (Å²) in [6.07, 6.45) is 1.93. The average Bonchev–Trinajstić information content (AvgIpc) is 3.38. The van der Waals surface area contributed by atoms with E-state index in [4.69, 9.17) is 9.47 Å². The first-order chi connectivity index (χ1) is 19.1. The van der Waals surface area contributed by atoms with Crippen LogP contribution in [0.3, 0.4) is 0 Å². The molecule has 0 bridgehead atoms. The topological polar surface area (TPSA) is 74.8 Å². The number of nitrogens with zero attached hydrogens (tertiary/aromatic N) is 3. The number of ether oxygens (including phenoxy) is 2. The molecule has 2 aromatic heterocycles. The molecule has 2 aromatic carbocycles. The highest BCUT2D eigenvalue weighted by Gasteiger charge is 2.33. The maximum absolute atomic E-state index is 14.0. The lowest BCUT2D eigenvalue weighted by Gasteiger charge is -2.24. The first-order valence-electron chi connectivity index (χ1n) is 13.2. The second kappa shape index (κ2) is 10.8. The number of allylic oxidation sites excluding steroid dienone is 1. The van der Waals surface area contributed by atoms with Gasteiger partial charge in [0.2, 0.25) is 0 Å². The van der Waals surface area contributed by atoms with Crippen LogP contribution in [0.15, 0.2) is 69.6 Å². The SMILES string of the molecule is CCOC(=O)C1=C(C)N=c2s/c(=C/c3cc(C)n(-c4ccc(C)c(C)c4)c3C)c(=O)n2[C@@H]1c1ccc(OC)cc1. The Morgan fingerprint density at radius 1 is 1.02 bits per heavy atom. The van der Waals surface area contributed by atoms with Crippen molar-refractivity contribution in [1.29, 1.82) is 0 Å². The molecule has 0 saturated carbocycles. The number of benzene rings is 2. The van der Waals surface area contributed by atoms with Crippen LogP contribution in [-0.2, 0) is 9.53 Å². The molecule has 5 rings (SSSR count). The Bertz CT molecular complexity index is 1840. The lowest BCUT2D eigenvalue weighted by atomic mass is 9.96. The van der Waals surface area contributed by atoms with Gasteiger partial charge in [-0.25, -0.2) is 9.79 Å². The number of fused-ring (bicyclic) bond motifs is 1. The zero-order valence-corrected chi connectivity index (χ0v) is 24.7. The first kappa shape index (κ1) is 27.4. The van der Waals surface area contributed by atoms with E-state index in [-0.39, 0.29) is 12.2 Å². The molecule has 0 radical (unpaired) electrons. The fourth-order valence-corrected chi connectivity index (χ4v) is 6.27. The van der Waals surface area contributed by atoms with Gasteiger partial charge in [-0.15, -0.1) is 0 Å². The van der Waals surface area contributed by atoms with Crippen LogP contribution in [-0.4, -0.2) is 28.8 Å². The Hall–Kier alpha value is -4.17. The number of esters is 1. The number of carbonyl (C=O) groups is 1. The highest BCUT2D eigenvalue weighted by Crippen LogP contribution is 2.31. The molecule has 1 aliphatic heterocycles. The van der Waals surface area contributed by atoms with E-state index in [2.05, 4.69) is 61.5 Å². The average molecular weight is 556 g/mol. The first-order valence-corrected chi connectivity index (χ1v) is 14.1. The van der Waals surface area contributed by atoms with Gasteiger partial charge in [-0.1, -0.05) is 29.5 Å². The quantitative estimate of drug-likeness (QED) is 0.320. The van der Waals surface area contributed by atoms with Crippen molar-refractivity contribution < 1.29 is 14.3 Å². The Labute approximate surface area is 237 Å². The number of aromatic nitrogens is 2. The number of aryl methyl sites for hydroxylation is 3. The third kappa shape index (κ3) is 4.73. The van der Waals surface area contributed by atoms with Crippen LogP contribution in [0.25, 0.3) is 11.8 Å². The Morgan fingerprint density at radius 2 is 1.75 bits per heavy atom. The fraction of sp³-hybridized carbons (Fsp3) is 0.281. The standard InChI is InChI=1S/C32H33N3O4S/c1-8-39-31(37)28-21(5)33-32-35(29(28)23-10-13-26(38-7)14-11-23)30(36)27(40-32)17-24-16-20(4)34(22(24)6)25-12-9-18(2)19(3)15-25/h9-17,29H,8H2,1-7H3/b27-17+/t29-/m1/s1.